The molecular weight excluding hydrogens is 275 g/mol. The summed E-state index contributed by atoms with van der Waals surface area (Å²) >= 11 is 1.17. The van der Waals surface area contributed by atoms with Crippen LogP contribution in [0, 0.1) is 33.7 Å². The van der Waals surface area contributed by atoms with Crippen molar-refractivity contribution < 1.29 is 53.5 Å². The fourth-order valence-electron chi connectivity index (χ4n) is 0.246. The van der Waals surface area contributed by atoms with Crippen LogP contribution in [0.4, 0.5) is 0 Å². The molecule has 0 aromatic rings. The summed E-state index contributed by atoms with van der Waals surface area (Å²) < 4.78 is 2.17. The molecule has 0 saturated carbocycles. The van der Waals surface area contributed by atoms with Gasteiger partial charge in [-0.1, -0.05) is 6.58 Å². The van der Waals surface area contributed by atoms with Gasteiger partial charge in [0.25, 0.3) is 0 Å². The van der Waals surface area contributed by atoms with E-state index in [1.54, 1.807) is 0 Å². The number of hydrogen-bond donors (Lipinski definition) is 0. The maximum absolute atomic E-state index is 9.73. The first-order chi connectivity index (χ1) is 5.04. The molecule has 58 valence electrons. The standard InChI is InChI=1S/C5H6O4.CH3.La/c1-3(5(8)9)2-4(6)7;;/h1-2H2,(H,6,7)(H,8,9);1H3;/q;;+2/p-2. The zero-order valence-corrected chi connectivity index (χ0v) is 9.75. The fourth-order valence-corrected chi connectivity index (χ4v) is 0.246. The predicted molar refractivity (Wildman–Crippen MR) is 29.6 cm³/mol. The Kier molecular flexibility index (Phi) is 9.76. The zero-order valence-electron chi connectivity index (χ0n) is 6.12. The van der Waals surface area contributed by atoms with Gasteiger partial charge in [0.2, 0.25) is 0 Å². The van der Waals surface area contributed by atoms with Crippen LogP contribution >= 0.6 is 0 Å². The van der Waals surface area contributed by atoms with Crippen LogP contribution in [0.25, 0.3) is 0 Å². The monoisotopic (exact) mass is 282 g/mol. The first-order valence-electron chi connectivity index (χ1n) is 2.70. The van der Waals surface area contributed by atoms with Gasteiger partial charge < -0.3 is 19.8 Å². The summed E-state index contributed by atoms with van der Waals surface area (Å²) in [5.41, 5.74) is -0.477. The average Bonchev–Trinajstić information content (AvgIpc) is 1.90. The zero-order chi connectivity index (χ0) is 9.44. The van der Waals surface area contributed by atoms with Gasteiger partial charge in [-0.05, 0) is 5.57 Å². The third kappa shape index (κ3) is 9.87. The Hall–Kier alpha value is -0.125. The molecule has 5 heteroatoms. The summed E-state index contributed by atoms with van der Waals surface area (Å²) in [7, 11) is 0. The molecule has 0 atom stereocenters. The van der Waals surface area contributed by atoms with Crippen molar-refractivity contribution in [3.8, 4) is 0 Å². The Morgan fingerprint density at radius 2 is 1.73 bits per heavy atom. The minimum absolute atomic E-state index is 0.477. The molecule has 0 fully saturated rings. The van der Waals surface area contributed by atoms with E-state index < -0.39 is 23.9 Å². The minimum atomic E-state index is -1.56. The van der Waals surface area contributed by atoms with E-state index in [0.29, 0.717) is 0 Å². The normalized spacial score (nSPS) is 7.55. The van der Waals surface area contributed by atoms with Crippen molar-refractivity contribution in [3.63, 3.8) is 0 Å². The second-order valence-electron chi connectivity index (χ2n) is 1.44. The Morgan fingerprint density at radius 3 is 1.82 bits per heavy atom. The Labute approximate surface area is 86.9 Å². The molecule has 0 aliphatic rings. The van der Waals surface area contributed by atoms with Gasteiger partial charge in [0.1, 0.15) is 0 Å². The van der Waals surface area contributed by atoms with E-state index in [1.165, 1.54) is 33.7 Å². The van der Waals surface area contributed by atoms with Crippen molar-refractivity contribution in [2.24, 2.45) is 0 Å². The Balaban J connectivity index is 0. The summed E-state index contributed by atoms with van der Waals surface area (Å²) in [5, 5.41) is 19.4. The molecule has 0 unspecified atom stereocenters. The SMILES string of the molecule is C=C(CC(=O)[O-])C(=O)[O-].[CH3][La+2]. The number of carboxylic acid groups (broad SMARTS) is 2. The molecular formula is C6H7LaO4. The molecule has 0 radical (unpaired) electrons. The molecule has 0 amide bonds. The van der Waals surface area contributed by atoms with Gasteiger partial charge in [0, 0.05) is 12.4 Å². The van der Waals surface area contributed by atoms with E-state index in [0.717, 1.165) is 0 Å². The van der Waals surface area contributed by atoms with Gasteiger partial charge in [-0.25, -0.2) is 0 Å². The molecule has 0 aromatic carbocycles. The second kappa shape index (κ2) is 7.98. The number of hydrogen-bond acceptors (Lipinski definition) is 4. The van der Waals surface area contributed by atoms with E-state index in [9.17, 15) is 19.8 Å². The molecule has 0 N–H and O–H groups in total. The summed E-state index contributed by atoms with van der Waals surface area (Å²) in [6.07, 6.45) is -0.678. The van der Waals surface area contributed by atoms with Crippen molar-refractivity contribution in [1.82, 2.24) is 0 Å². The van der Waals surface area contributed by atoms with Gasteiger partial charge in [0.05, 0.1) is 5.97 Å². The molecule has 0 spiro atoms. The third-order valence-electron chi connectivity index (χ3n) is 0.646. The summed E-state index contributed by atoms with van der Waals surface area (Å²) in [4.78, 5) is 19.4. The summed E-state index contributed by atoms with van der Waals surface area (Å²) in [6, 6.07) is 0. The Bertz CT molecular complexity index is 164. The maximum atomic E-state index is 9.73. The summed E-state index contributed by atoms with van der Waals surface area (Å²) in [5.74, 6) is -3.02. The van der Waals surface area contributed by atoms with Crippen LogP contribution in [-0.2, 0) is 9.59 Å². The van der Waals surface area contributed by atoms with Gasteiger partial charge in [-0.3, -0.25) is 0 Å². The van der Waals surface area contributed by atoms with E-state index in [4.69, 9.17) is 0 Å². The van der Waals surface area contributed by atoms with Crippen molar-refractivity contribution in [2.45, 2.75) is 9.75 Å². The van der Waals surface area contributed by atoms with Gasteiger partial charge in [-0.15, -0.1) is 0 Å². The molecule has 0 heterocycles. The second-order valence-corrected chi connectivity index (χ2v) is 1.44. The quantitative estimate of drug-likeness (QED) is 0.562. The molecule has 4 nitrogen and oxygen atoms in total. The molecule has 11 heavy (non-hydrogen) atoms. The summed E-state index contributed by atoms with van der Waals surface area (Å²) in [6.45, 7) is 2.91. The van der Waals surface area contributed by atoms with Crippen LogP contribution in [0.5, 0.6) is 0 Å². The van der Waals surface area contributed by atoms with Crippen molar-refractivity contribution in [3.05, 3.63) is 12.2 Å². The number of carbonyl (C=O) groups is 2. The van der Waals surface area contributed by atoms with Crippen molar-refractivity contribution in [1.29, 1.82) is 0 Å². The third-order valence-corrected chi connectivity index (χ3v) is 0.646. The number of carbonyl (C=O) groups excluding carboxylic acids is 2. The van der Waals surface area contributed by atoms with Gasteiger partial charge in [0.15, 0.2) is 0 Å². The number of aliphatic carboxylic acids is 2. The predicted octanol–water partition coefficient (Wildman–Crippen LogP) is -1.98. The van der Waals surface area contributed by atoms with E-state index >= 15 is 0 Å². The van der Waals surface area contributed by atoms with Crippen LogP contribution in [-0.4, -0.2) is 11.9 Å². The first-order valence-corrected chi connectivity index (χ1v) is 6.33. The fraction of sp³-hybridized carbons (Fsp3) is 0.333. The van der Waals surface area contributed by atoms with Gasteiger partial charge >= 0.3 is 37.1 Å². The number of carboxylic acids is 2. The Morgan fingerprint density at radius 1 is 1.36 bits per heavy atom. The average molecular weight is 282 g/mol. The van der Waals surface area contributed by atoms with Crippen LogP contribution in [0.1, 0.15) is 6.42 Å². The van der Waals surface area contributed by atoms with Crippen molar-refractivity contribution in [2.75, 3.05) is 0 Å². The number of rotatable bonds is 3. The van der Waals surface area contributed by atoms with Crippen LogP contribution < -0.4 is 10.2 Å². The molecule has 0 aromatic heterocycles. The molecule has 0 aliphatic heterocycles. The molecule has 0 saturated heterocycles. The topological polar surface area (TPSA) is 80.3 Å². The van der Waals surface area contributed by atoms with Crippen LogP contribution in [0.15, 0.2) is 12.2 Å². The van der Waals surface area contributed by atoms with Crippen molar-refractivity contribution >= 4 is 11.9 Å². The molecule has 0 bridgehead atoms. The van der Waals surface area contributed by atoms with E-state index in [1.807, 2.05) is 0 Å². The van der Waals surface area contributed by atoms with Gasteiger partial charge in [-0.2, -0.15) is 0 Å². The molecule has 0 rings (SSSR count). The van der Waals surface area contributed by atoms with Crippen LogP contribution in [0.2, 0.25) is 3.33 Å². The van der Waals surface area contributed by atoms with E-state index in [2.05, 4.69) is 9.91 Å². The van der Waals surface area contributed by atoms with Crippen LogP contribution in [0.3, 0.4) is 0 Å². The molecule has 0 aliphatic carbocycles. The first kappa shape index (κ1) is 13.5. The van der Waals surface area contributed by atoms with E-state index in [-0.39, 0.29) is 0 Å².